The molecule has 1 aromatic heterocycles. The molecule has 144 valence electrons. The molecule has 0 aliphatic heterocycles. The molecule has 0 bridgehead atoms. The van der Waals surface area contributed by atoms with Gasteiger partial charge in [-0.05, 0) is 30.2 Å². The van der Waals surface area contributed by atoms with Crippen molar-refractivity contribution >= 4 is 17.7 Å². The summed E-state index contributed by atoms with van der Waals surface area (Å²) in [6.07, 6.45) is -4.27. The average molecular weight is 381 g/mol. The fraction of sp³-hybridized carbons (Fsp3) is 0.278. The van der Waals surface area contributed by atoms with Crippen LogP contribution in [-0.4, -0.2) is 35.8 Å². The van der Waals surface area contributed by atoms with Gasteiger partial charge in [0.15, 0.2) is 0 Å². The van der Waals surface area contributed by atoms with Crippen molar-refractivity contribution < 1.29 is 27.5 Å². The number of nitrogens with one attached hydrogen (secondary N) is 2. The van der Waals surface area contributed by atoms with Gasteiger partial charge in [0.2, 0.25) is 5.91 Å². The van der Waals surface area contributed by atoms with Crippen LogP contribution in [0.3, 0.4) is 0 Å². The Labute approximate surface area is 153 Å². The van der Waals surface area contributed by atoms with Crippen LogP contribution in [0.5, 0.6) is 0 Å². The van der Waals surface area contributed by atoms with Gasteiger partial charge in [-0.3, -0.25) is 4.79 Å². The Morgan fingerprint density at radius 2 is 1.81 bits per heavy atom. The fourth-order valence-corrected chi connectivity index (χ4v) is 2.38. The summed E-state index contributed by atoms with van der Waals surface area (Å²) in [6, 6.07) is 11.1. The lowest BCUT2D eigenvalue weighted by Gasteiger charge is -2.34. The molecule has 2 rings (SSSR count). The predicted molar refractivity (Wildman–Crippen MR) is 91.7 cm³/mol. The predicted octanol–water partition coefficient (Wildman–Crippen LogP) is 2.59. The Hall–Kier alpha value is -3.10. The van der Waals surface area contributed by atoms with Gasteiger partial charge in [0.05, 0.1) is 13.5 Å². The summed E-state index contributed by atoms with van der Waals surface area (Å²) in [6.45, 7) is 1.65. The van der Waals surface area contributed by atoms with Gasteiger partial charge in [0.25, 0.3) is 0 Å². The highest BCUT2D eigenvalue weighted by Gasteiger charge is 2.63. The molecule has 6 nitrogen and oxygen atoms in total. The molecule has 9 heteroatoms. The number of hydrogen-bond donors (Lipinski definition) is 2. The van der Waals surface area contributed by atoms with Crippen LogP contribution >= 0.6 is 0 Å². The van der Waals surface area contributed by atoms with E-state index in [2.05, 4.69) is 9.72 Å². The summed E-state index contributed by atoms with van der Waals surface area (Å²) in [7, 11) is 0.803. The van der Waals surface area contributed by atoms with Crippen LogP contribution < -0.4 is 10.6 Å². The standard InChI is InChI=1S/C18H18F3N3O3/c1-12-8-9-22-14(10-12)23-17(16(26)27-2,18(19,20)21)24-15(25)11-13-6-4-3-5-7-13/h3-10H,11H2,1-2H3,(H,22,23)(H,24,25)/t17-/m0/s1. The molecule has 0 saturated carbocycles. The molecule has 1 heterocycles. The molecular formula is C18H18F3N3O3. The number of pyridine rings is 1. The normalized spacial score (nSPS) is 13.4. The van der Waals surface area contributed by atoms with Crippen molar-refractivity contribution in [2.24, 2.45) is 0 Å². The van der Waals surface area contributed by atoms with E-state index in [9.17, 15) is 22.8 Å². The number of ether oxygens (including phenoxy) is 1. The first-order valence-electron chi connectivity index (χ1n) is 7.89. The van der Waals surface area contributed by atoms with E-state index in [0.29, 0.717) is 11.1 Å². The zero-order chi connectivity index (χ0) is 20.1. The van der Waals surface area contributed by atoms with Gasteiger partial charge in [-0.1, -0.05) is 30.3 Å². The van der Waals surface area contributed by atoms with Crippen LogP contribution in [0.2, 0.25) is 0 Å². The number of anilines is 1. The third-order valence-corrected chi connectivity index (χ3v) is 3.68. The fourth-order valence-electron chi connectivity index (χ4n) is 2.38. The topological polar surface area (TPSA) is 80.3 Å². The molecule has 0 spiro atoms. The number of rotatable bonds is 6. The smallest absolute Gasteiger partial charge is 0.441 e. The third-order valence-electron chi connectivity index (χ3n) is 3.68. The van der Waals surface area contributed by atoms with E-state index in [1.807, 2.05) is 5.32 Å². The molecule has 1 atom stereocenters. The summed E-state index contributed by atoms with van der Waals surface area (Å²) < 4.78 is 46.0. The lowest BCUT2D eigenvalue weighted by atomic mass is 10.1. The number of nitrogens with zero attached hydrogens (tertiary/aromatic N) is 1. The van der Waals surface area contributed by atoms with E-state index in [-0.39, 0.29) is 12.2 Å². The van der Waals surface area contributed by atoms with Crippen molar-refractivity contribution in [3.8, 4) is 0 Å². The highest BCUT2D eigenvalue weighted by Crippen LogP contribution is 2.32. The molecular weight excluding hydrogens is 363 g/mol. The lowest BCUT2D eigenvalue weighted by Crippen LogP contribution is -2.69. The molecule has 2 aromatic rings. The van der Waals surface area contributed by atoms with E-state index in [0.717, 1.165) is 7.11 Å². The Kier molecular flexibility index (Phi) is 6.04. The highest BCUT2D eigenvalue weighted by atomic mass is 19.4. The van der Waals surface area contributed by atoms with Gasteiger partial charge in [-0.15, -0.1) is 0 Å². The van der Waals surface area contributed by atoms with Gasteiger partial charge in [-0.2, -0.15) is 13.2 Å². The van der Waals surface area contributed by atoms with E-state index in [4.69, 9.17) is 0 Å². The molecule has 27 heavy (non-hydrogen) atoms. The second kappa shape index (κ2) is 8.07. The number of aromatic nitrogens is 1. The zero-order valence-electron chi connectivity index (χ0n) is 14.6. The maximum absolute atomic E-state index is 13.9. The maximum Gasteiger partial charge on any atom is 0.441 e. The van der Waals surface area contributed by atoms with E-state index in [1.54, 1.807) is 48.6 Å². The zero-order valence-corrected chi connectivity index (χ0v) is 14.6. The van der Waals surface area contributed by atoms with Gasteiger partial charge in [0.1, 0.15) is 5.82 Å². The van der Waals surface area contributed by atoms with Crippen molar-refractivity contribution in [2.75, 3.05) is 12.4 Å². The number of benzene rings is 1. The minimum atomic E-state index is -5.20. The molecule has 1 aromatic carbocycles. The average Bonchev–Trinajstić information content (AvgIpc) is 2.60. The van der Waals surface area contributed by atoms with Gasteiger partial charge in [-0.25, -0.2) is 9.78 Å². The van der Waals surface area contributed by atoms with E-state index >= 15 is 0 Å². The summed E-state index contributed by atoms with van der Waals surface area (Å²) in [5.74, 6) is -2.96. The van der Waals surface area contributed by atoms with Crippen molar-refractivity contribution in [3.05, 3.63) is 59.8 Å². The number of amides is 1. The van der Waals surface area contributed by atoms with Crippen LogP contribution in [0.15, 0.2) is 48.7 Å². The Morgan fingerprint density at radius 1 is 1.15 bits per heavy atom. The maximum atomic E-state index is 13.9. The van der Waals surface area contributed by atoms with Gasteiger partial charge < -0.3 is 15.4 Å². The van der Waals surface area contributed by atoms with Crippen LogP contribution in [0, 0.1) is 6.92 Å². The summed E-state index contributed by atoms with van der Waals surface area (Å²) >= 11 is 0. The number of aryl methyl sites for hydroxylation is 1. The molecule has 2 N–H and O–H groups in total. The van der Waals surface area contributed by atoms with Crippen LogP contribution in [0.25, 0.3) is 0 Å². The number of carbonyl (C=O) groups is 2. The third kappa shape index (κ3) is 4.75. The molecule has 0 unspecified atom stereocenters. The van der Waals surface area contributed by atoms with Crippen molar-refractivity contribution in [1.82, 2.24) is 10.3 Å². The first-order valence-corrected chi connectivity index (χ1v) is 7.89. The molecule has 0 saturated heterocycles. The largest absolute Gasteiger partial charge is 0.466 e. The quantitative estimate of drug-likeness (QED) is 0.594. The molecule has 0 aliphatic rings. The highest BCUT2D eigenvalue weighted by molar-refractivity contribution is 5.91. The molecule has 1 amide bonds. The Balaban J connectivity index is 2.38. The van der Waals surface area contributed by atoms with Gasteiger partial charge in [0, 0.05) is 6.20 Å². The first-order chi connectivity index (χ1) is 12.7. The van der Waals surface area contributed by atoms with E-state index < -0.39 is 23.7 Å². The molecule has 0 fully saturated rings. The van der Waals surface area contributed by atoms with Crippen LogP contribution in [0.1, 0.15) is 11.1 Å². The number of hydrogen-bond acceptors (Lipinski definition) is 5. The number of methoxy groups -OCH3 is 1. The summed E-state index contributed by atoms with van der Waals surface area (Å²) in [4.78, 5) is 28.2. The van der Waals surface area contributed by atoms with Crippen molar-refractivity contribution in [3.63, 3.8) is 0 Å². The summed E-state index contributed by atoms with van der Waals surface area (Å²) in [5, 5.41) is 3.75. The second-order valence-electron chi connectivity index (χ2n) is 5.79. The SMILES string of the molecule is COC(=O)[C@@](NC(=O)Cc1ccccc1)(Nc1cc(C)ccn1)C(F)(F)F. The monoisotopic (exact) mass is 381 g/mol. The Bertz CT molecular complexity index is 812. The minimum absolute atomic E-state index is 0.238. The number of alkyl halides is 3. The number of esters is 1. The summed E-state index contributed by atoms with van der Waals surface area (Å²) in [5.41, 5.74) is -2.37. The van der Waals surface area contributed by atoms with Crippen LogP contribution in [0.4, 0.5) is 19.0 Å². The van der Waals surface area contributed by atoms with E-state index in [1.165, 1.54) is 12.3 Å². The number of carbonyl (C=O) groups excluding carboxylic acids is 2. The number of halogens is 3. The van der Waals surface area contributed by atoms with Crippen molar-refractivity contribution in [1.29, 1.82) is 0 Å². The van der Waals surface area contributed by atoms with Crippen molar-refractivity contribution in [2.45, 2.75) is 25.2 Å². The molecule has 0 radical (unpaired) electrons. The van der Waals surface area contributed by atoms with Crippen LogP contribution in [-0.2, 0) is 20.7 Å². The van der Waals surface area contributed by atoms with Gasteiger partial charge >= 0.3 is 17.8 Å². The first kappa shape index (κ1) is 20.2. The minimum Gasteiger partial charge on any atom is -0.466 e. The lowest BCUT2D eigenvalue weighted by molar-refractivity contribution is -0.206. The molecule has 0 aliphatic carbocycles. The Morgan fingerprint density at radius 3 is 2.37 bits per heavy atom. The second-order valence-corrected chi connectivity index (χ2v) is 5.79.